The first-order chi connectivity index (χ1) is 14.6. The van der Waals surface area contributed by atoms with Crippen LogP contribution in [0.4, 0.5) is 5.82 Å². The van der Waals surface area contributed by atoms with Gasteiger partial charge in [0.1, 0.15) is 5.52 Å². The molecule has 0 aromatic carbocycles. The van der Waals surface area contributed by atoms with Crippen molar-refractivity contribution < 1.29 is 4.74 Å². The van der Waals surface area contributed by atoms with Crippen LogP contribution in [0.15, 0.2) is 4.79 Å². The Morgan fingerprint density at radius 3 is 2.77 bits per heavy atom. The highest BCUT2D eigenvalue weighted by molar-refractivity contribution is 5.81. The van der Waals surface area contributed by atoms with Gasteiger partial charge < -0.3 is 20.4 Å². The maximum absolute atomic E-state index is 12.4. The fraction of sp³-hybridized carbons (Fsp3) is 0.773. The molecule has 2 aromatic rings. The molecule has 8 nitrogen and oxygen atoms in total. The number of ether oxygens (including phenoxy) is 1. The summed E-state index contributed by atoms with van der Waals surface area (Å²) in [6.07, 6.45) is 10.5. The van der Waals surface area contributed by atoms with Gasteiger partial charge in [-0.05, 0) is 57.5 Å². The minimum atomic E-state index is -0.180. The second-order valence-electron chi connectivity index (χ2n) is 8.53. The van der Waals surface area contributed by atoms with Crippen molar-refractivity contribution >= 4 is 17.0 Å². The SMILES string of the molecule is CCCCOc1nc(N)c2[nH]c(=O)n(CCCCC3CCCN(CCCC)C3)c2n1. The second-order valence-corrected chi connectivity index (χ2v) is 8.53. The van der Waals surface area contributed by atoms with E-state index in [1.54, 1.807) is 4.57 Å². The molecule has 8 heteroatoms. The van der Waals surface area contributed by atoms with Crippen LogP contribution < -0.4 is 16.2 Å². The number of nitrogens with two attached hydrogens (primary N) is 1. The summed E-state index contributed by atoms with van der Waals surface area (Å²) >= 11 is 0. The average Bonchev–Trinajstić information content (AvgIpc) is 3.06. The highest BCUT2D eigenvalue weighted by atomic mass is 16.5. The van der Waals surface area contributed by atoms with Gasteiger partial charge in [-0.1, -0.05) is 33.1 Å². The fourth-order valence-corrected chi connectivity index (χ4v) is 4.29. The van der Waals surface area contributed by atoms with E-state index in [1.165, 1.54) is 51.7 Å². The molecule has 0 radical (unpaired) electrons. The third kappa shape index (κ3) is 5.97. The Balaban J connectivity index is 1.55. The predicted molar refractivity (Wildman–Crippen MR) is 121 cm³/mol. The van der Waals surface area contributed by atoms with Gasteiger partial charge in [-0.15, -0.1) is 0 Å². The summed E-state index contributed by atoms with van der Waals surface area (Å²) in [5.74, 6) is 1.04. The molecule has 3 heterocycles. The fourth-order valence-electron chi connectivity index (χ4n) is 4.29. The van der Waals surface area contributed by atoms with Crippen LogP contribution in [0.1, 0.15) is 71.6 Å². The van der Waals surface area contributed by atoms with Gasteiger partial charge in [-0.3, -0.25) is 4.57 Å². The number of fused-ring (bicyclic) bond motifs is 1. The van der Waals surface area contributed by atoms with E-state index in [0.29, 0.717) is 24.3 Å². The standard InChI is InChI=1S/C22H38N6O2/c1-3-5-12-27-13-9-11-17(16-27)10-7-8-14-28-20-18(24-22(28)29)19(23)25-21(26-20)30-15-6-4-2/h17H,3-16H2,1-2H3,(H,24,29)(H2,23,25,26). The molecule has 0 bridgehead atoms. The molecule has 1 aliphatic heterocycles. The number of aromatic amines is 1. The van der Waals surface area contributed by atoms with Gasteiger partial charge in [-0.2, -0.15) is 9.97 Å². The molecule has 1 atom stereocenters. The smallest absolute Gasteiger partial charge is 0.327 e. The number of rotatable bonds is 12. The summed E-state index contributed by atoms with van der Waals surface area (Å²) in [5, 5.41) is 0. The maximum atomic E-state index is 12.4. The van der Waals surface area contributed by atoms with Crippen LogP contribution in [0.2, 0.25) is 0 Å². The molecule has 2 aromatic heterocycles. The number of aromatic nitrogens is 4. The molecule has 1 fully saturated rings. The molecule has 0 spiro atoms. The lowest BCUT2D eigenvalue weighted by Gasteiger charge is -2.32. The van der Waals surface area contributed by atoms with Gasteiger partial charge in [0, 0.05) is 13.1 Å². The summed E-state index contributed by atoms with van der Waals surface area (Å²) < 4.78 is 7.28. The topological polar surface area (TPSA) is 102 Å². The molecule has 3 rings (SSSR count). The van der Waals surface area contributed by atoms with Gasteiger partial charge in [0.05, 0.1) is 6.61 Å². The van der Waals surface area contributed by atoms with Crippen LogP contribution in [-0.2, 0) is 6.54 Å². The number of hydrogen-bond donors (Lipinski definition) is 2. The number of nitrogen functional groups attached to an aromatic ring is 1. The van der Waals surface area contributed by atoms with Crippen molar-refractivity contribution in [2.75, 3.05) is 32.0 Å². The third-order valence-electron chi connectivity index (χ3n) is 6.03. The Hall–Kier alpha value is -2.09. The number of likely N-dealkylation sites (tertiary alicyclic amines) is 1. The maximum Gasteiger partial charge on any atom is 0.327 e. The number of H-pyrrole nitrogens is 1. The number of unbranched alkanes of at least 4 members (excludes halogenated alkanes) is 3. The lowest BCUT2D eigenvalue weighted by atomic mass is 9.92. The first kappa shape index (κ1) is 22.6. The molecule has 0 aliphatic carbocycles. The Morgan fingerprint density at radius 2 is 1.97 bits per heavy atom. The van der Waals surface area contributed by atoms with E-state index in [9.17, 15) is 4.79 Å². The minimum absolute atomic E-state index is 0.180. The molecular formula is C22H38N6O2. The van der Waals surface area contributed by atoms with Crippen LogP contribution in [0.3, 0.4) is 0 Å². The van der Waals surface area contributed by atoms with Gasteiger partial charge >= 0.3 is 11.7 Å². The Kier molecular flexibility index (Phi) is 8.54. The first-order valence-electron chi connectivity index (χ1n) is 11.7. The summed E-state index contributed by atoms with van der Waals surface area (Å²) in [6, 6.07) is 0.246. The molecule has 30 heavy (non-hydrogen) atoms. The number of imidazole rings is 1. The van der Waals surface area contributed by atoms with Gasteiger partial charge in [-0.25, -0.2) is 4.79 Å². The van der Waals surface area contributed by atoms with Crippen LogP contribution in [-0.4, -0.2) is 50.7 Å². The van der Waals surface area contributed by atoms with Crippen LogP contribution in [0.25, 0.3) is 11.2 Å². The molecule has 1 unspecified atom stereocenters. The Morgan fingerprint density at radius 1 is 1.13 bits per heavy atom. The summed E-state index contributed by atoms with van der Waals surface area (Å²) in [5.41, 5.74) is 6.89. The average molecular weight is 419 g/mol. The van der Waals surface area contributed by atoms with E-state index in [1.807, 2.05) is 0 Å². The van der Waals surface area contributed by atoms with Crippen molar-refractivity contribution in [2.24, 2.45) is 5.92 Å². The van der Waals surface area contributed by atoms with Crippen LogP contribution >= 0.6 is 0 Å². The van der Waals surface area contributed by atoms with Crippen LogP contribution in [0.5, 0.6) is 6.01 Å². The number of nitrogens with zero attached hydrogens (tertiary/aromatic N) is 4. The molecule has 3 N–H and O–H groups in total. The summed E-state index contributed by atoms with van der Waals surface area (Å²) in [7, 11) is 0. The third-order valence-corrected chi connectivity index (χ3v) is 6.03. The van der Waals surface area contributed by atoms with Crippen LogP contribution in [0, 0.1) is 5.92 Å². The van der Waals surface area contributed by atoms with Gasteiger partial charge in [0.25, 0.3) is 0 Å². The second kappa shape index (κ2) is 11.3. The van der Waals surface area contributed by atoms with Crippen molar-refractivity contribution in [2.45, 2.75) is 78.2 Å². The molecule has 168 valence electrons. The quantitative estimate of drug-likeness (QED) is 0.511. The summed E-state index contributed by atoms with van der Waals surface area (Å²) in [6.45, 7) is 9.26. The molecule has 0 amide bonds. The van der Waals surface area contributed by atoms with Crippen molar-refractivity contribution in [3.05, 3.63) is 10.5 Å². The Bertz CT molecular complexity index is 846. The van der Waals surface area contributed by atoms with E-state index in [-0.39, 0.29) is 17.5 Å². The largest absolute Gasteiger partial charge is 0.463 e. The Labute approximate surface area is 179 Å². The van der Waals surface area contributed by atoms with E-state index in [2.05, 4.69) is 33.7 Å². The monoisotopic (exact) mass is 418 g/mol. The zero-order chi connectivity index (χ0) is 21.3. The number of anilines is 1. The van der Waals surface area contributed by atoms with Crippen molar-refractivity contribution in [1.29, 1.82) is 0 Å². The lowest BCUT2D eigenvalue weighted by Crippen LogP contribution is -2.36. The first-order valence-corrected chi connectivity index (χ1v) is 11.7. The number of piperidine rings is 1. The van der Waals surface area contributed by atoms with E-state index >= 15 is 0 Å². The summed E-state index contributed by atoms with van der Waals surface area (Å²) in [4.78, 5) is 26.5. The van der Waals surface area contributed by atoms with Crippen molar-refractivity contribution in [3.8, 4) is 6.01 Å². The predicted octanol–water partition coefficient (Wildman–Crippen LogP) is 3.56. The van der Waals surface area contributed by atoms with Crippen molar-refractivity contribution in [1.82, 2.24) is 24.4 Å². The zero-order valence-corrected chi connectivity index (χ0v) is 18.7. The molecular weight excluding hydrogens is 380 g/mol. The number of hydrogen-bond acceptors (Lipinski definition) is 6. The zero-order valence-electron chi connectivity index (χ0n) is 18.7. The molecule has 0 saturated carbocycles. The number of nitrogens with one attached hydrogen (secondary N) is 1. The van der Waals surface area contributed by atoms with E-state index in [0.717, 1.165) is 31.6 Å². The molecule has 1 saturated heterocycles. The van der Waals surface area contributed by atoms with E-state index in [4.69, 9.17) is 10.5 Å². The number of aryl methyl sites for hydroxylation is 1. The highest BCUT2D eigenvalue weighted by Crippen LogP contribution is 2.23. The van der Waals surface area contributed by atoms with E-state index < -0.39 is 0 Å². The van der Waals surface area contributed by atoms with Gasteiger partial charge in [0.2, 0.25) is 0 Å². The normalized spacial score (nSPS) is 17.6. The highest BCUT2D eigenvalue weighted by Gasteiger charge is 2.19. The van der Waals surface area contributed by atoms with Crippen molar-refractivity contribution in [3.63, 3.8) is 0 Å². The minimum Gasteiger partial charge on any atom is -0.463 e. The lowest BCUT2D eigenvalue weighted by molar-refractivity contribution is 0.164. The molecule has 1 aliphatic rings. The van der Waals surface area contributed by atoms with Gasteiger partial charge in [0.15, 0.2) is 11.5 Å².